The molecule has 1 atom stereocenters. The van der Waals surface area contributed by atoms with E-state index in [1.807, 2.05) is 0 Å². The van der Waals surface area contributed by atoms with Crippen molar-refractivity contribution in [2.75, 3.05) is 6.54 Å². The number of aryl methyl sites for hydroxylation is 1. The molecule has 1 aliphatic carbocycles. The third kappa shape index (κ3) is 2.03. The van der Waals surface area contributed by atoms with Gasteiger partial charge in [-0.1, -0.05) is 42.7 Å². The van der Waals surface area contributed by atoms with E-state index in [1.165, 1.54) is 24.0 Å². The van der Waals surface area contributed by atoms with Gasteiger partial charge in [0.2, 0.25) is 5.91 Å². The van der Waals surface area contributed by atoms with Gasteiger partial charge in [-0.2, -0.15) is 0 Å². The number of nitrogens with zero attached hydrogens (tertiary/aromatic N) is 1. The molecule has 1 amide bonds. The molecular formula is C15H20N2O. The zero-order chi connectivity index (χ0) is 12.5. The van der Waals surface area contributed by atoms with Crippen molar-refractivity contribution < 1.29 is 4.79 Å². The molecule has 3 heteroatoms. The van der Waals surface area contributed by atoms with Gasteiger partial charge in [0, 0.05) is 6.04 Å². The minimum absolute atomic E-state index is 0.0838. The normalized spacial score (nSPS) is 25.1. The van der Waals surface area contributed by atoms with Gasteiger partial charge in [0.05, 0.1) is 6.54 Å². The fourth-order valence-corrected chi connectivity index (χ4v) is 3.23. The molecule has 1 aromatic carbocycles. The predicted octanol–water partition coefficient (Wildman–Crippen LogP) is 2.37. The molecular weight excluding hydrogens is 224 g/mol. The van der Waals surface area contributed by atoms with E-state index in [9.17, 15) is 4.79 Å². The Morgan fingerprint density at radius 3 is 2.78 bits per heavy atom. The number of benzene rings is 1. The molecule has 0 spiro atoms. The molecule has 0 bridgehead atoms. The lowest BCUT2D eigenvalue weighted by molar-refractivity contribution is -0.130. The summed E-state index contributed by atoms with van der Waals surface area (Å²) in [5.41, 5.74) is 2.47. The lowest BCUT2D eigenvalue weighted by Gasteiger charge is -2.30. The van der Waals surface area contributed by atoms with Crippen LogP contribution in [-0.2, 0) is 4.79 Å². The van der Waals surface area contributed by atoms with Crippen LogP contribution in [0.1, 0.15) is 43.0 Å². The molecule has 1 N–H and O–H groups in total. The molecule has 3 rings (SSSR count). The second kappa shape index (κ2) is 4.73. The quantitative estimate of drug-likeness (QED) is 0.866. The van der Waals surface area contributed by atoms with Crippen LogP contribution in [0.15, 0.2) is 24.3 Å². The predicted molar refractivity (Wildman–Crippen MR) is 71.0 cm³/mol. The lowest BCUT2D eigenvalue weighted by Crippen LogP contribution is -2.38. The average Bonchev–Trinajstić information content (AvgIpc) is 2.97. The third-order valence-electron chi connectivity index (χ3n) is 4.09. The molecule has 1 unspecified atom stereocenters. The van der Waals surface area contributed by atoms with Gasteiger partial charge < -0.3 is 4.90 Å². The van der Waals surface area contributed by atoms with Crippen LogP contribution in [0, 0.1) is 6.92 Å². The molecule has 1 heterocycles. The first-order chi connectivity index (χ1) is 8.75. The number of carbonyl (C=O) groups excluding carboxylic acids is 1. The number of hydrogen-bond acceptors (Lipinski definition) is 2. The number of rotatable bonds is 2. The summed E-state index contributed by atoms with van der Waals surface area (Å²) in [5, 5.41) is 3.35. The summed E-state index contributed by atoms with van der Waals surface area (Å²) in [5.74, 6) is 0.258. The summed E-state index contributed by atoms with van der Waals surface area (Å²) in [6, 6.07) is 8.91. The van der Waals surface area contributed by atoms with Gasteiger partial charge in [-0.05, 0) is 25.3 Å². The number of nitrogens with one attached hydrogen (secondary N) is 1. The fraction of sp³-hybridized carbons (Fsp3) is 0.533. The van der Waals surface area contributed by atoms with Gasteiger partial charge in [0.15, 0.2) is 0 Å². The Bertz CT molecular complexity index is 452. The highest BCUT2D eigenvalue weighted by Gasteiger charge is 2.37. The van der Waals surface area contributed by atoms with Gasteiger partial charge >= 0.3 is 0 Å². The van der Waals surface area contributed by atoms with Crippen molar-refractivity contribution in [2.24, 2.45) is 0 Å². The van der Waals surface area contributed by atoms with Crippen molar-refractivity contribution in [3.8, 4) is 0 Å². The van der Waals surface area contributed by atoms with Crippen LogP contribution in [0.25, 0.3) is 0 Å². The van der Waals surface area contributed by atoms with Crippen LogP contribution in [-0.4, -0.2) is 23.4 Å². The Labute approximate surface area is 108 Å². The van der Waals surface area contributed by atoms with Gasteiger partial charge in [-0.3, -0.25) is 10.1 Å². The molecule has 2 fully saturated rings. The maximum Gasteiger partial charge on any atom is 0.238 e. The highest BCUT2D eigenvalue weighted by atomic mass is 16.2. The van der Waals surface area contributed by atoms with Crippen molar-refractivity contribution in [1.29, 1.82) is 0 Å². The van der Waals surface area contributed by atoms with Crippen molar-refractivity contribution in [3.05, 3.63) is 35.4 Å². The van der Waals surface area contributed by atoms with E-state index < -0.39 is 0 Å². The van der Waals surface area contributed by atoms with Crippen molar-refractivity contribution in [3.63, 3.8) is 0 Å². The van der Waals surface area contributed by atoms with Crippen LogP contribution in [0.5, 0.6) is 0 Å². The van der Waals surface area contributed by atoms with Crippen LogP contribution in [0.2, 0.25) is 0 Å². The average molecular weight is 244 g/mol. The maximum atomic E-state index is 12.1. The van der Waals surface area contributed by atoms with Crippen LogP contribution >= 0.6 is 0 Å². The van der Waals surface area contributed by atoms with E-state index >= 15 is 0 Å². The highest BCUT2D eigenvalue weighted by molar-refractivity contribution is 5.81. The molecule has 1 aromatic rings. The van der Waals surface area contributed by atoms with Gasteiger partial charge in [-0.15, -0.1) is 0 Å². The second-order valence-electron chi connectivity index (χ2n) is 5.44. The number of hydrogen-bond donors (Lipinski definition) is 1. The van der Waals surface area contributed by atoms with E-state index in [0.717, 1.165) is 12.8 Å². The van der Waals surface area contributed by atoms with Crippen molar-refractivity contribution in [1.82, 2.24) is 10.2 Å². The topological polar surface area (TPSA) is 32.3 Å². The molecule has 1 saturated carbocycles. The summed E-state index contributed by atoms with van der Waals surface area (Å²) < 4.78 is 0. The smallest absolute Gasteiger partial charge is 0.238 e. The minimum atomic E-state index is 0.0838. The van der Waals surface area contributed by atoms with Crippen molar-refractivity contribution in [2.45, 2.75) is 44.8 Å². The first kappa shape index (κ1) is 11.7. The molecule has 96 valence electrons. The molecule has 2 aliphatic rings. The zero-order valence-corrected chi connectivity index (χ0v) is 10.9. The van der Waals surface area contributed by atoms with E-state index in [-0.39, 0.29) is 12.1 Å². The lowest BCUT2D eigenvalue weighted by atomic mass is 10.1. The molecule has 1 saturated heterocycles. The second-order valence-corrected chi connectivity index (χ2v) is 5.44. The Hall–Kier alpha value is -1.35. The largest absolute Gasteiger partial charge is 0.319 e. The number of carbonyl (C=O) groups is 1. The molecule has 3 nitrogen and oxygen atoms in total. The Balaban J connectivity index is 1.88. The van der Waals surface area contributed by atoms with Gasteiger partial charge in [-0.25, -0.2) is 0 Å². The maximum absolute atomic E-state index is 12.1. The van der Waals surface area contributed by atoms with E-state index in [2.05, 4.69) is 41.4 Å². The summed E-state index contributed by atoms with van der Waals surface area (Å²) in [7, 11) is 0. The molecule has 18 heavy (non-hydrogen) atoms. The summed E-state index contributed by atoms with van der Waals surface area (Å²) in [4.78, 5) is 14.2. The van der Waals surface area contributed by atoms with E-state index in [0.29, 0.717) is 12.6 Å². The number of amides is 1. The first-order valence-corrected chi connectivity index (χ1v) is 6.87. The highest BCUT2D eigenvalue weighted by Crippen LogP contribution is 2.32. The Morgan fingerprint density at radius 1 is 1.28 bits per heavy atom. The zero-order valence-electron chi connectivity index (χ0n) is 10.9. The van der Waals surface area contributed by atoms with E-state index in [4.69, 9.17) is 0 Å². The van der Waals surface area contributed by atoms with Crippen LogP contribution in [0.4, 0.5) is 0 Å². The Morgan fingerprint density at radius 2 is 2.06 bits per heavy atom. The van der Waals surface area contributed by atoms with Crippen LogP contribution < -0.4 is 5.32 Å². The van der Waals surface area contributed by atoms with Gasteiger partial charge in [0.1, 0.15) is 6.17 Å². The van der Waals surface area contributed by atoms with E-state index in [1.54, 1.807) is 0 Å². The third-order valence-corrected chi connectivity index (χ3v) is 4.09. The summed E-state index contributed by atoms with van der Waals surface area (Å²) >= 11 is 0. The molecule has 1 aliphatic heterocycles. The monoisotopic (exact) mass is 244 g/mol. The molecule has 0 radical (unpaired) electrons. The first-order valence-electron chi connectivity index (χ1n) is 6.87. The standard InChI is InChI=1S/C15H20N2O/c1-11-5-4-6-12(9-11)15-16-10-14(18)17(15)13-7-2-3-8-13/h4-6,9,13,15-16H,2-3,7-8,10H2,1H3. The fourth-order valence-electron chi connectivity index (χ4n) is 3.23. The summed E-state index contributed by atoms with van der Waals surface area (Å²) in [6.07, 6.45) is 4.93. The molecule has 0 aromatic heterocycles. The van der Waals surface area contributed by atoms with Gasteiger partial charge in [0.25, 0.3) is 0 Å². The van der Waals surface area contributed by atoms with Crippen molar-refractivity contribution >= 4 is 5.91 Å². The SMILES string of the molecule is Cc1cccc(C2NCC(=O)N2C2CCCC2)c1. The Kier molecular flexibility index (Phi) is 3.08. The summed E-state index contributed by atoms with van der Waals surface area (Å²) in [6.45, 7) is 2.58. The minimum Gasteiger partial charge on any atom is -0.319 e. The van der Waals surface area contributed by atoms with Crippen LogP contribution in [0.3, 0.4) is 0 Å².